The van der Waals surface area contributed by atoms with Gasteiger partial charge in [-0.3, -0.25) is 10.1 Å². The maximum Gasteiger partial charge on any atom is 0.342 e. The highest BCUT2D eigenvalue weighted by atomic mass is 79.9. The number of aryl methyl sites for hydroxylation is 1. The van der Waals surface area contributed by atoms with Crippen LogP contribution in [-0.2, 0) is 0 Å². The van der Waals surface area contributed by atoms with Crippen LogP contribution < -0.4 is 0 Å². The number of hydrogen-bond donors (Lipinski definition) is 1. The molecule has 1 N–H and O–H groups in total. The molecule has 0 aliphatic carbocycles. The molecule has 5 nitrogen and oxygen atoms in total. The molecule has 0 fully saturated rings. The van der Waals surface area contributed by atoms with Gasteiger partial charge in [0.1, 0.15) is 5.56 Å². The summed E-state index contributed by atoms with van der Waals surface area (Å²) >= 11 is 3.10. The van der Waals surface area contributed by atoms with Gasteiger partial charge in [-0.2, -0.15) is 0 Å². The van der Waals surface area contributed by atoms with Crippen LogP contribution in [-0.4, -0.2) is 16.0 Å². The number of nitrogens with zero attached hydrogens (tertiary/aromatic N) is 1. The number of halogens is 1. The average molecular weight is 260 g/mol. The first-order valence-electron chi connectivity index (χ1n) is 3.61. The Hall–Kier alpha value is -1.43. The molecule has 0 aliphatic heterocycles. The summed E-state index contributed by atoms with van der Waals surface area (Å²) in [6, 6.07) is 2.46. The fraction of sp³-hybridized carbons (Fsp3) is 0.125. The van der Waals surface area contributed by atoms with Crippen molar-refractivity contribution in [2.24, 2.45) is 0 Å². The predicted octanol–water partition coefficient (Wildman–Crippen LogP) is 2.36. The molecule has 0 aromatic heterocycles. The number of hydrogen-bond acceptors (Lipinski definition) is 3. The van der Waals surface area contributed by atoms with Gasteiger partial charge in [0, 0.05) is 10.5 Å². The minimum absolute atomic E-state index is 0.296. The Kier molecular flexibility index (Phi) is 2.85. The van der Waals surface area contributed by atoms with Crippen molar-refractivity contribution in [3.05, 3.63) is 37.8 Å². The molecule has 1 aromatic carbocycles. The first-order chi connectivity index (χ1) is 6.43. The van der Waals surface area contributed by atoms with Crippen LogP contribution in [0.1, 0.15) is 15.9 Å². The highest BCUT2D eigenvalue weighted by Crippen LogP contribution is 2.26. The molecule has 0 unspecified atom stereocenters. The Balaban J connectivity index is 3.46. The molecular formula is C8H6BrNO4. The van der Waals surface area contributed by atoms with Crippen molar-refractivity contribution < 1.29 is 14.8 Å². The molecule has 0 amide bonds. The third-order valence-corrected chi connectivity index (χ3v) is 2.56. The van der Waals surface area contributed by atoms with Crippen LogP contribution in [0.5, 0.6) is 0 Å². The van der Waals surface area contributed by atoms with Crippen molar-refractivity contribution in [2.45, 2.75) is 6.92 Å². The quantitative estimate of drug-likeness (QED) is 0.653. The number of carbonyl (C=O) groups is 1. The monoisotopic (exact) mass is 259 g/mol. The van der Waals surface area contributed by atoms with E-state index < -0.39 is 16.6 Å². The summed E-state index contributed by atoms with van der Waals surface area (Å²) in [4.78, 5) is 20.5. The molecule has 0 heterocycles. The van der Waals surface area contributed by atoms with Crippen molar-refractivity contribution in [1.29, 1.82) is 0 Å². The lowest BCUT2D eigenvalue weighted by Gasteiger charge is -2.01. The zero-order chi connectivity index (χ0) is 10.9. The van der Waals surface area contributed by atoms with Gasteiger partial charge in [0.25, 0.3) is 5.69 Å². The van der Waals surface area contributed by atoms with E-state index in [0.29, 0.717) is 10.0 Å². The van der Waals surface area contributed by atoms with E-state index in [2.05, 4.69) is 15.9 Å². The van der Waals surface area contributed by atoms with Crippen molar-refractivity contribution in [3.63, 3.8) is 0 Å². The third-order valence-electron chi connectivity index (χ3n) is 1.70. The summed E-state index contributed by atoms with van der Waals surface area (Å²) in [5.74, 6) is -1.30. The smallest absolute Gasteiger partial charge is 0.342 e. The van der Waals surface area contributed by atoms with Gasteiger partial charge in [0.15, 0.2) is 0 Å². The normalized spacial score (nSPS) is 9.86. The predicted molar refractivity (Wildman–Crippen MR) is 52.5 cm³/mol. The van der Waals surface area contributed by atoms with Gasteiger partial charge >= 0.3 is 5.97 Å². The lowest BCUT2D eigenvalue weighted by Crippen LogP contribution is -2.03. The molecule has 1 aromatic rings. The Bertz CT molecular complexity index is 377. The van der Waals surface area contributed by atoms with Crippen LogP contribution in [0.25, 0.3) is 0 Å². The minimum atomic E-state index is -1.30. The molecule has 0 atom stereocenters. The number of aromatic carboxylic acids is 1. The van der Waals surface area contributed by atoms with Gasteiger partial charge in [0.05, 0.1) is 4.92 Å². The zero-order valence-corrected chi connectivity index (χ0v) is 8.74. The molecule has 1 rings (SSSR count). The maximum absolute atomic E-state index is 10.7. The summed E-state index contributed by atoms with van der Waals surface area (Å²) in [5.41, 5.74) is -0.0568. The molecule has 14 heavy (non-hydrogen) atoms. The Morgan fingerprint density at radius 2 is 2.14 bits per heavy atom. The number of carboxylic acids is 1. The molecule has 6 heteroatoms. The van der Waals surface area contributed by atoms with Crippen molar-refractivity contribution in [1.82, 2.24) is 0 Å². The summed E-state index contributed by atoms with van der Waals surface area (Å²) in [6.07, 6.45) is 0. The SMILES string of the molecule is Cc1cc(C(=O)O)c([N+](=O)[O-])cc1Br. The van der Waals surface area contributed by atoms with Crippen molar-refractivity contribution >= 4 is 27.6 Å². The summed E-state index contributed by atoms with van der Waals surface area (Å²) in [6.45, 7) is 1.67. The lowest BCUT2D eigenvalue weighted by molar-refractivity contribution is -0.385. The van der Waals surface area contributed by atoms with E-state index in [1.165, 1.54) is 12.1 Å². The van der Waals surface area contributed by atoms with E-state index >= 15 is 0 Å². The fourth-order valence-electron chi connectivity index (χ4n) is 0.993. The lowest BCUT2D eigenvalue weighted by atomic mass is 10.1. The van der Waals surface area contributed by atoms with Gasteiger partial charge in [-0.15, -0.1) is 0 Å². The Labute approximate surface area is 87.6 Å². The minimum Gasteiger partial charge on any atom is -0.477 e. The molecule has 0 radical (unpaired) electrons. The summed E-state index contributed by atoms with van der Waals surface area (Å²) in [7, 11) is 0. The molecule has 0 spiro atoms. The van der Waals surface area contributed by atoms with Gasteiger partial charge < -0.3 is 5.11 Å². The molecular weight excluding hydrogens is 254 g/mol. The van der Waals surface area contributed by atoms with Crippen LogP contribution in [0, 0.1) is 17.0 Å². The number of nitro groups is 1. The van der Waals surface area contributed by atoms with E-state index in [9.17, 15) is 14.9 Å². The second-order valence-electron chi connectivity index (χ2n) is 2.68. The molecule has 74 valence electrons. The molecule has 0 saturated heterocycles. The second kappa shape index (κ2) is 3.75. The highest BCUT2D eigenvalue weighted by Gasteiger charge is 2.20. The molecule has 0 aliphatic rings. The zero-order valence-electron chi connectivity index (χ0n) is 7.15. The molecule has 0 bridgehead atoms. The van der Waals surface area contributed by atoms with Crippen LogP contribution in [0.4, 0.5) is 5.69 Å². The van der Waals surface area contributed by atoms with Crippen LogP contribution in [0.15, 0.2) is 16.6 Å². The van der Waals surface area contributed by atoms with Crippen LogP contribution >= 0.6 is 15.9 Å². The molecule has 0 saturated carbocycles. The van der Waals surface area contributed by atoms with Gasteiger partial charge in [-0.25, -0.2) is 4.79 Å². The number of carboxylic acid groups (broad SMARTS) is 1. The van der Waals surface area contributed by atoms with E-state index in [4.69, 9.17) is 5.11 Å². The average Bonchev–Trinajstić information content (AvgIpc) is 2.08. The Morgan fingerprint density at radius 1 is 1.57 bits per heavy atom. The van der Waals surface area contributed by atoms with Crippen molar-refractivity contribution in [2.75, 3.05) is 0 Å². The van der Waals surface area contributed by atoms with E-state index in [1.54, 1.807) is 6.92 Å². The number of benzene rings is 1. The van der Waals surface area contributed by atoms with E-state index in [1.807, 2.05) is 0 Å². The first-order valence-corrected chi connectivity index (χ1v) is 4.40. The number of rotatable bonds is 2. The number of nitro benzene ring substituents is 1. The van der Waals surface area contributed by atoms with Crippen molar-refractivity contribution in [3.8, 4) is 0 Å². The van der Waals surface area contributed by atoms with Crippen LogP contribution in [0.2, 0.25) is 0 Å². The highest BCUT2D eigenvalue weighted by molar-refractivity contribution is 9.10. The fourth-order valence-corrected chi connectivity index (χ4v) is 1.32. The first kappa shape index (κ1) is 10.6. The van der Waals surface area contributed by atoms with Gasteiger partial charge in [0.2, 0.25) is 0 Å². The Morgan fingerprint density at radius 3 is 2.57 bits per heavy atom. The maximum atomic E-state index is 10.7. The van der Waals surface area contributed by atoms with Crippen LogP contribution in [0.3, 0.4) is 0 Å². The van der Waals surface area contributed by atoms with E-state index in [0.717, 1.165) is 0 Å². The largest absolute Gasteiger partial charge is 0.477 e. The second-order valence-corrected chi connectivity index (χ2v) is 3.54. The van der Waals surface area contributed by atoms with E-state index in [-0.39, 0.29) is 5.56 Å². The topological polar surface area (TPSA) is 80.4 Å². The van der Waals surface area contributed by atoms with Gasteiger partial charge in [-0.05, 0) is 18.6 Å². The summed E-state index contributed by atoms with van der Waals surface area (Å²) < 4.78 is 0.522. The summed E-state index contributed by atoms with van der Waals surface area (Å²) in [5, 5.41) is 19.2. The van der Waals surface area contributed by atoms with Gasteiger partial charge in [-0.1, -0.05) is 15.9 Å². The standard InChI is InChI=1S/C8H6BrNO4/c1-4-2-5(8(11)12)7(10(13)14)3-6(4)9/h2-3H,1H3,(H,11,12). The third kappa shape index (κ3) is 1.90.